The van der Waals surface area contributed by atoms with E-state index in [0.717, 1.165) is 0 Å². The molecule has 2 N–H and O–H groups in total. The number of ether oxygens (including phenoxy) is 2. The molecule has 0 saturated carbocycles. The highest BCUT2D eigenvalue weighted by Crippen LogP contribution is 2.26. The number of halogens is 2. The number of hydrogen-bond acceptors (Lipinski definition) is 4. The topological polar surface area (TPSA) is 59.6 Å². The molecule has 0 saturated heterocycles. The van der Waals surface area contributed by atoms with Crippen molar-refractivity contribution in [3.63, 3.8) is 0 Å². The monoisotopic (exact) mass is 308 g/mol. The lowest BCUT2D eigenvalue weighted by Gasteiger charge is -2.08. The Morgan fingerprint density at radius 1 is 1.37 bits per heavy atom. The van der Waals surface area contributed by atoms with Crippen LogP contribution in [0.25, 0.3) is 0 Å². The van der Waals surface area contributed by atoms with Gasteiger partial charge in [-0.15, -0.1) is 12.4 Å². The molecule has 0 aliphatic heterocycles. The van der Waals surface area contributed by atoms with E-state index in [2.05, 4.69) is 10.6 Å². The van der Waals surface area contributed by atoms with Gasteiger partial charge in [0, 0.05) is 19.3 Å². The van der Waals surface area contributed by atoms with E-state index < -0.39 is 0 Å². The van der Waals surface area contributed by atoms with Crippen molar-refractivity contribution in [2.75, 3.05) is 39.2 Å². The Kier molecular flexibility index (Phi) is 9.34. The molecule has 0 aliphatic rings. The number of hydrogen-bond donors (Lipinski definition) is 2. The number of carbonyl (C=O) groups is 1. The Morgan fingerprint density at radius 3 is 2.68 bits per heavy atom. The minimum Gasteiger partial charge on any atom is -0.495 e. The van der Waals surface area contributed by atoms with Gasteiger partial charge in [-0.05, 0) is 18.2 Å². The Bertz CT molecular complexity index is 403. The molecule has 0 fully saturated rings. The van der Waals surface area contributed by atoms with E-state index in [1.54, 1.807) is 32.4 Å². The van der Waals surface area contributed by atoms with Crippen molar-refractivity contribution in [2.45, 2.75) is 0 Å². The maximum atomic E-state index is 11.6. The Labute approximate surface area is 124 Å². The average Bonchev–Trinajstić information content (AvgIpc) is 2.35. The fourth-order valence-electron chi connectivity index (χ4n) is 1.33. The van der Waals surface area contributed by atoms with Gasteiger partial charge in [-0.2, -0.15) is 0 Å². The molecule has 0 heterocycles. The van der Waals surface area contributed by atoms with Crippen LogP contribution in [0.15, 0.2) is 18.2 Å². The molecular weight excluding hydrogens is 291 g/mol. The highest BCUT2D eigenvalue weighted by atomic mass is 35.5. The van der Waals surface area contributed by atoms with Crippen LogP contribution in [0.4, 0.5) is 5.69 Å². The van der Waals surface area contributed by atoms with Gasteiger partial charge in [-0.25, -0.2) is 0 Å². The minimum absolute atomic E-state index is 0. The SMILES string of the molecule is COCCNCC(=O)Nc1ccc(OC)c(Cl)c1.Cl. The number of carbonyl (C=O) groups excluding carboxylic acids is 1. The third kappa shape index (κ3) is 6.63. The van der Waals surface area contributed by atoms with Crippen molar-refractivity contribution >= 4 is 35.6 Å². The van der Waals surface area contributed by atoms with Crippen molar-refractivity contribution in [3.05, 3.63) is 23.2 Å². The summed E-state index contributed by atoms with van der Waals surface area (Å²) in [5.41, 5.74) is 0.638. The molecule has 0 bridgehead atoms. The zero-order chi connectivity index (χ0) is 13.4. The first-order chi connectivity index (χ1) is 8.67. The number of anilines is 1. The third-order valence-electron chi connectivity index (χ3n) is 2.20. The number of methoxy groups -OCH3 is 2. The average molecular weight is 309 g/mol. The molecule has 0 aromatic heterocycles. The van der Waals surface area contributed by atoms with Crippen molar-refractivity contribution < 1.29 is 14.3 Å². The molecule has 0 unspecified atom stereocenters. The van der Waals surface area contributed by atoms with Gasteiger partial charge in [-0.3, -0.25) is 4.79 Å². The van der Waals surface area contributed by atoms with Gasteiger partial charge in [-0.1, -0.05) is 11.6 Å². The maximum absolute atomic E-state index is 11.6. The van der Waals surface area contributed by atoms with Crippen LogP contribution < -0.4 is 15.4 Å². The Morgan fingerprint density at radius 2 is 2.11 bits per heavy atom. The number of nitrogens with one attached hydrogen (secondary N) is 2. The molecular formula is C12H18Cl2N2O3. The summed E-state index contributed by atoms with van der Waals surface area (Å²) in [6.07, 6.45) is 0. The summed E-state index contributed by atoms with van der Waals surface area (Å²) in [5, 5.41) is 6.14. The molecule has 0 aliphatic carbocycles. The molecule has 0 spiro atoms. The molecule has 0 radical (unpaired) electrons. The van der Waals surface area contributed by atoms with Crippen LogP contribution in [0.1, 0.15) is 0 Å². The van der Waals surface area contributed by atoms with Gasteiger partial charge in [0.05, 0.1) is 25.3 Å². The van der Waals surface area contributed by atoms with Crippen molar-refractivity contribution in [1.29, 1.82) is 0 Å². The van der Waals surface area contributed by atoms with Gasteiger partial charge >= 0.3 is 0 Å². The van der Waals surface area contributed by atoms with Gasteiger partial charge in [0.25, 0.3) is 0 Å². The van der Waals surface area contributed by atoms with Crippen LogP contribution in [0.3, 0.4) is 0 Å². The third-order valence-corrected chi connectivity index (χ3v) is 2.50. The fraction of sp³-hybridized carbons (Fsp3) is 0.417. The van der Waals surface area contributed by atoms with E-state index in [4.69, 9.17) is 21.1 Å². The van der Waals surface area contributed by atoms with E-state index in [0.29, 0.717) is 29.6 Å². The smallest absolute Gasteiger partial charge is 0.238 e. The van der Waals surface area contributed by atoms with Gasteiger partial charge in [0.15, 0.2) is 0 Å². The molecule has 19 heavy (non-hydrogen) atoms. The van der Waals surface area contributed by atoms with Crippen LogP contribution in [0.5, 0.6) is 5.75 Å². The van der Waals surface area contributed by atoms with E-state index in [1.165, 1.54) is 0 Å². The number of amides is 1. The second-order valence-corrected chi connectivity index (χ2v) is 3.97. The first kappa shape index (κ1) is 18.0. The minimum atomic E-state index is -0.132. The molecule has 0 atom stereocenters. The van der Waals surface area contributed by atoms with Crippen LogP contribution in [-0.2, 0) is 9.53 Å². The normalized spacial score (nSPS) is 9.63. The van der Waals surface area contributed by atoms with Crippen LogP contribution in [0.2, 0.25) is 5.02 Å². The summed E-state index contributed by atoms with van der Waals surface area (Å²) in [7, 11) is 3.15. The van der Waals surface area contributed by atoms with Crippen LogP contribution >= 0.6 is 24.0 Å². The second kappa shape index (κ2) is 9.86. The van der Waals surface area contributed by atoms with E-state index in [9.17, 15) is 4.79 Å². The maximum Gasteiger partial charge on any atom is 0.238 e. The predicted octanol–water partition coefficient (Wildman–Crippen LogP) is 1.94. The first-order valence-electron chi connectivity index (χ1n) is 5.50. The molecule has 5 nitrogen and oxygen atoms in total. The lowest BCUT2D eigenvalue weighted by Crippen LogP contribution is -2.30. The van der Waals surface area contributed by atoms with Gasteiger partial charge < -0.3 is 20.1 Å². The van der Waals surface area contributed by atoms with Gasteiger partial charge in [0.2, 0.25) is 5.91 Å². The summed E-state index contributed by atoms with van der Waals surface area (Å²) < 4.78 is 9.88. The second-order valence-electron chi connectivity index (χ2n) is 3.57. The quantitative estimate of drug-likeness (QED) is 0.756. The summed E-state index contributed by atoms with van der Waals surface area (Å²) in [6, 6.07) is 5.08. The summed E-state index contributed by atoms with van der Waals surface area (Å²) >= 11 is 5.95. The molecule has 1 aromatic rings. The molecule has 1 aromatic carbocycles. The molecule has 108 valence electrons. The number of rotatable bonds is 7. The van der Waals surface area contributed by atoms with Crippen molar-refractivity contribution in [2.24, 2.45) is 0 Å². The number of benzene rings is 1. The van der Waals surface area contributed by atoms with E-state index >= 15 is 0 Å². The fourth-order valence-corrected chi connectivity index (χ4v) is 1.58. The highest BCUT2D eigenvalue weighted by molar-refractivity contribution is 6.32. The predicted molar refractivity (Wildman–Crippen MR) is 78.6 cm³/mol. The largest absolute Gasteiger partial charge is 0.495 e. The van der Waals surface area contributed by atoms with E-state index in [-0.39, 0.29) is 24.9 Å². The zero-order valence-corrected chi connectivity index (χ0v) is 12.4. The molecule has 1 rings (SSSR count). The summed E-state index contributed by atoms with van der Waals surface area (Å²) in [5.74, 6) is 0.445. The first-order valence-corrected chi connectivity index (χ1v) is 5.88. The molecule has 1 amide bonds. The van der Waals surface area contributed by atoms with Gasteiger partial charge in [0.1, 0.15) is 5.75 Å². The zero-order valence-electron chi connectivity index (χ0n) is 10.9. The summed E-state index contributed by atoms with van der Waals surface area (Å²) in [4.78, 5) is 11.6. The Balaban J connectivity index is 0.00000324. The van der Waals surface area contributed by atoms with Crippen molar-refractivity contribution in [1.82, 2.24) is 5.32 Å². The lowest BCUT2D eigenvalue weighted by atomic mass is 10.3. The van der Waals surface area contributed by atoms with Crippen LogP contribution in [0, 0.1) is 0 Å². The molecule has 7 heteroatoms. The lowest BCUT2D eigenvalue weighted by molar-refractivity contribution is -0.115. The van der Waals surface area contributed by atoms with Crippen molar-refractivity contribution in [3.8, 4) is 5.75 Å². The Hall–Kier alpha value is -1.01. The standard InChI is InChI=1S/C12H17ClN2O3.ClH/c1-17-6-5-14-8-12(16)15-9-3-4-11(18-2)10(13)7-9;/h3-4,7,14H,5-6,8H2,1-2H3,(H,15,16);1H. The highest BCUT2D eigenvalue weighted by Gasteiger charge is 2.05. The summed E-state index contributed by atoms with van der Waals surface area (Å²) in [6.45, 7) is 1.43. The van der Waals surface area contributed by atoms with Crippen LogP contribution in [-0.4, -0.2) is 39.8 Å². The van der Waals surface area contributed by atoms with E-state index in [1.807, 2.05) is 0 Å².